The molecule has 14 heavy (non-hydrogen) atoms. The number of hydrogen-bond donors (Lipinski definition) is 1. The van der Waals surface area contributed by atoms with E-state index < -0.39 is 0 Å². The largest absolute Gasteiger partial charge is 0.375 e. The highest BCUT2D eigenvalue weighted by Gasteiger charge is 2.42. The smallest absolute Gasteiger partial charge is 0.0859 e. The Bertz CT molecular complexity index is 192. The molecule has 2 heterocycles. The van der Waals surface area contributed by atoms with Crippen LogP contribution in [0.5, 0.6) is 0 Å². The summed E-state index contributed by atoms with van der Waals surface area (Å²) in [5, 5.41) is 3.46. The van der Waals surface area contributed by atoms with Gasteiger partial charge in [-0.05, 0) is 20.8 Å². The maximum atomic E-state index is 6.11. The summed E-state index contributed by atoms with van der Waals surface area (Å²) < 4.78 is 11.9. The molecule has 0 radical (unpaired) electrons. The van der Waals surface area contributed by atoms with Crippen LogP contribution in [0.15, 0.2) is 0 Å². The van der Waals surface area contributed by atoms with Crippen LogP contribution in [0, 0.1) is 0 Å². The summed E-state index contributed by atoms with van der Waals surface area (Å²) in [5.41, 5.74) is 0.0365. The Labute approximate surface area is 86.2 Å². The average molecular weight is 199 g/mol. The lowest BCUT2D eigenvalue weighted by molar-refractivity contribution is -0.189. The van der Waals surface area contributed by atoms with E-state index in [4.69, 9.17) is 9.47 Å². The fraction of sp³-hybridized carbons (Fsp3) is 1.00. The minimum atomic E-state index is 0.0365. The van der Waals surface area contributed by atoms with Crippen LogP contribution in [-0.4, -0.2) is 37.0 Å². The van der Waals surface area contributed by atoms with E-state index in [1.807, 2.05) is 0 Å². The summed E-state index contributed by atoms with van der Waals surface area (Å²) in [5.74, 6) is 0. The molecule has 2 fully saturated rings. The van der Waals surface area contributed by atoms with E-state index in [9.17, 15) is 0 Å². The van der Waals surface area contributed by atoms with E-state index >= 15 is 0 Å². The molecular weight excluding hydrogens is 178 g/mol. The first kappa shape index (κ1) is 10.4. The molecular formula is C11H21NO2. The van der Waals surface area contributed by atoms with Gasteiger partial charge in [0, 0.05) is 25.9 Å². The lowest BCUT2D eigenvalue weighted by Crippen LogP contribution is -2.58. The molecule has 2 aliphatic rings. The normalized spacial score (nSPS) is 49.5. The SMILES string of the molecule is CC1CC2(CNCC(C)O2)CC(C)O1. The van der Waals surface area contributed by atoms with Crippen molar-refractivity contribution in [2.24, 2.45) is 0 Å². The summed E-state index contributed by atoms with van der Waals surface area (Å²) in [4.78, 5) is 0. The molecule has 3 atom stereocenters. The molecule has 3 unspecified atom stereocenters. The second-order valence-electron chi connectivity index (χ2n) is 4.91. The van der Waals surface area contributed by atoms with Crippen molar-refractivity contribution in [2.75, 3.05) is 13.1 Å². The Hall–Kier alpha value is -0.120. The van der Waals surface area contributed by atoms with Gasteiger partial charge in [-0.15, -0.1) is 0 Å². The molecule has 1 N–H and O–H groups in total. The number of rotatable bonds is 0. The number of hydrogen-bond acceptors (Lipinski definition) is 3. The Morgan fingerprint density at radius 2 is 1.71 bits per heavy atom. The highest BCUT2D eigenvalue weighted by atomic mass is 16.5. The van der Waals surface area contributed by atoms with Crippen LogP contribution in [0.1, 0.15) is 33.6 Å². The third-order valence-corrected chi connectivity index (χ3v) is 3.11. The molecule has 3 nitrogen and oxygen atoms in total. The Balaban J connectivity index is 2.05. The molecule has 2 aliphatic heterocycles. The van der Waals surface area contributed by atoms with Crippen LogP contribution in [0.2, 0.25) is 0 Å². The zero-order chi connectivity index (χ0) is 10.2. The van der Waals surface area contributed by atoms with Crippen molar-refractivity contribution in [3.8, 4) is 0 Å². The van der Waals surface area contributed by atoms with Crippen molar-refractivity contribution >= 4 is 0 Å². The van der Waals surface area contributed by atoms with Crippen molar-refractivity contribution in [2.45, 2.75) is 57.5 Å². The van der Waals surface area contributed by atoms with Crippen LogP contribution >= 0.6 is 0 Å². The van der Waals surface area contributed by atoms with Crippen molar-refractivity contribution in [1.82, 2.24) is 5.32 Å². The molecule has 0 aliphatic carbocycles. The lowest BCUT2D eigenvalue weighted by atomic mass is 9.86. The van der Waals surface area contributed by atoms with Gasteiger partial charge < -0.3 is 14.8 Å². The standard InChI is InChI=1S/C11H21NO2/c1-8-4-11(5-9(2)13-8)7-12-6-10(3)14-11/h8-10,12H,4-7H2,1-3H3. The minimum absolute atomic E-state index is 0.0365. The molecule has 0 aromatic carbocycles. The van der Waals surface area contributed by atoms with Gasteiger partial charge in [-0.1, -0.05) is 0 Å². The van der Waals surface area contributed by atoms with Crippen LogP contribution in [0.25, 0.3) is 0 Å². The van der Waals surface area contributed by atoms with Crippen molar-refractivity contribution in [3.05, 3.63) is 0 Å². The van der Waals surface area contributed by atoms with Gasteiger partial charge in [0.05, 0.1) is 23.9 Å². The van der Waals surface area contributed by atoms with Gasteiger partial charge in [-0.3, -0.25) is 0 Å². The van der Waals surface area contributed by atoms with Crippen molar-refractivity contribution < 1.29 is 9.47 Å². The minimum Gasteiger partial charge on any atom is -0.375 e. The number of nitrogens with one attached hydrogen (secondary N) is 1. The van der Waals surface area contributed by atoms with Gasteiger partial charge in [-0.25, -0.2) is 0 Å². The number of morpholine rings is 1. The third-order valence-electron chi connectivity index (χ3n) is 3.11. The molecule has 0 amide bonds. The quantitative estimate of drug-likeness (QED) is 0.638. The third kappa shape index (κ3) is 2.10. The highest BCUT2D eigenvalue weighted by Crippen LogP contribution is 2.34. The van der Waals surface area contributed by atoms with Gasteiger partial charge in [0.2, 0.25) is 0 Å². The van der Waals surface area contributed by atoms with E-state index in [-0.39, 0.29) is 5.60 Å². The fourth-order valence-electron chi connectivity index (χ4n) is 2.88. The molecule has 82 valence electrons. The Kier molecular flexibility index (Phi) is 2.82. The average Bonchev–Trinajstić information content (AvgIpc) is 1.99. The Morgan fingerprint density at radius 1 is 1.07 bits per heavy atom. The first-order valence-electron chi connectivity index (χ1n) is 5.64. The van der Waals surface area contributed by atoms with Crippen LogP contribution in [-0.2, 0) is 9.47 Å². The van der Waals surface area contributed by atoms with Gasteiger partial charge in [0.1, 0.15) is 0 Å². The van der Waals surface area contributed by atoms with E-state index in [1.54, 1.807) is 0 Å². The zero-order valence-corrected chi connectivity index (χ0v) is 9.38. The molecule has 2 rings (SSSR count). The van der Waals surface area contributed by atoms with Gasteiger partial charge in [0.25, 0.3) is 0 Å². The lowest BCUT2D eigenvalue weighted by Gasteiger charge is -2.47. The van der Waals surface area contributed by atoms with Gasteiger partial charge in [-0.2, -0.15) is 0 Å². The van der Waals surface area contributed by atoms with Crippen molar-refractivity contribution in [1.29, 1.82) is 0 Å². The fourth-order valence-corrected chi connectivity index (χ4v) is 2.88. The topological polar surface area (TPSA) is 30.5 Å². The molecule has 0 aromatic heterocycles. The van der Waals surface area contributed by atoms with Crippen LogP contribution in [0.3, 0.4) is 0 Å². The molecule has 0 aromatic rings. The summed E-state index contributed by atoms with van der Waals surface area (Å²) in [6.45, 7) is 8.37. The molecule has 1 spiro atoms. The van der Waals surface area contributed by atoms with Gasteiger partial charge in [0.15, 0.2) is 0 Å². The maximum Gasteiger partial charge on any atom is 0.0859 e. The predicted octanol–water partition coefficient (Wildman–Crippen LogP) is 1.32. The maximum absolute atomic E-state index is 6.11. The second-order valence-corrected chi connectivity index (χ2v) is 4.91. The number of ether oxygens (including phenoxy) is 2. The van der Waals surface area contributed by atoms with Gasteiger partial charge >= 0.3 is 0 Å². The zero-order valence-electron chi connectivity index (χ0n) is 9.38. The van der Waals surface area contributed by atoms with E-state index in [2.05, 4.69) is 26.1 Å². The van der Waals surface area contributed by atoms with Crippen LogP contribution < -0.4 is 5.32 Å². The molecule has 2 saturated heterocycles. The monoisotopic (exact) mass is 199 g/mol. The first-order chi connectivity index (χ1) is 6.60. The first-order valence-corrected chi connectivity index (χ1v) is 5.64. The summed E-state index contributed by atoms with van der Waals surface area (Å²) in [6, 6.07) is 0. The summed E-state index contributed by atoms with van der Waals surface area (Å²) in [7, 11) is 0. The van der Waals surface area contributed by atoms with E-state index in [0.29, 0.717) is 18.3 Å². The van der Waals surface area contributed by atoms with E-state index in [0.717, 1.165) is 25.9 Å². The van der Waals surface area contributed by atoms with Crippen LogP contribution in [0.4, 0.5) is 0 Å². The Morgan fingerprint density at radius 3 is 2.29 bits per heavy atom. The van der Waals surface area contributed by atoms with Crippen molar-refractivity contribution in [3.63, 3.8) is 0 Å². The highest BCUT2D eigenvalue weighted by molar-refractivity contribution is 4.94. The molecule has 0 saturated carbocycles. The van der Waals surface area contributed by atoms with E-state index in [1.165, 1.54) is 0 Å². The second kappa shape index (κ2) is 3.80. The predicted molar refractivity (Wildman–Crippen MR) is 55.4 cm³/mol. The summed E-state index contributed by atoms with van der Waals surface area (Å²) in [6.07, 6.45) is 3.03. The molecule has 3 heteroatoms. The molecule has 0 bridgehead atoms. The summed E-state index contributed by atoms with van der Waals surface area (Å²) >= 11 is 0.